The molecule has 0 saturated heterocycles. The molecule has 0 radical (unpaired) electrons. The summed E-state index contributed by atoms with van der Waals surface area (Å²) in [5.41, 5.74) is 3.94. The van der Waals surface area contributed by atoms with E-state index in [4.69, 9.17) is 11.6 Å². The highest BCUT2D eigenvalue weighted by atomic mass is 35.5. The lowest BCUT2D eigenvalue weighted by Crippen LogP contribution is -2.18. The zero-order valence-electron chi connectivity index (χ0n) is 11.6. The van der Waals surface area contributed by atoms with Crippen molar-refractivity contribution in [1.82, 2.24) is 5.43 Å². The van der Waals surface area contributed by atoms with Gasteiger partial charge in [-0.1, -0.05) is 29.8 Å². The lowest BCUT2D eigenvalue weighted by molar-refractivity contribution is -0.384. The first-order valence-electron chi connectivity index (χ1n) is 6.32. The van der Waals surface area contributed by atoms with Crippen LogP contribution in [0.25, 0.3) is 0 Å². The molecule has 0 spiro atoms. The fraction of sp³-hybridized carbons (Fsp3) is 0.0667. The van der Waals surface area contributed by atoms with Crippen molar-refractivity contribution in [3.63, 3.8) is 0 Å². The molecule has 0 heterocycles. The van der Waals surface area contributed by atoms with Crippen molar-refractivity contribution in [1.29, 1.82) is 0 Å². The fourth-order valence-corrected chi connectivity index (χ4v) is 1.96. The molecular formula is C15H12ClN3O3. The van der Waals surface area contributed by atoms with Gasteiger partial charge in [-0.3, -0.25) is 14.9 Å². The van der Waals surface area contributed by atoms with Crippen LogP contribution in [0.3, 0.4) is 0 Å². The number of carbonyl (C=O) groups is 1. The molecule has 0 aliphatic rings. The number of amides is 1. The van der Waals surface area contributed by atoms with Crippen molar-refractivity contribution in [2.75, 3.05) is 0 Å². The number of carbonyl (C=O) groups excluding carboxylic acids is 1. The van der Waals surface area contributed by atoms with E-state index in [-0.39, 0.29) is 11.6 Å². The Balaban J connectivity index is 2.13. The number of hydrogen-bond donors (Lipinski definition) is 1. The molecule has 0 unspecified atom stereocenters. The topological polar surface area (TPSA) is 84.6 Å². The van der Waals surface area contributed by atoms with Crippen LogP contribution in [0.2, 0.25) is 5.02 Å². The second-order valence-corrected chi connectivity index (χ2v) is 4.88. The van der Waals surface area contributed by atoms with Crippen LogP contribution in [0.5, 0.6) is 0 Å². The van der Waals surface area contributed by atoms with Gasteiger partial charge in [0.05, 0.1) is 11.1 Å². The maximum Gasteiger partial charge on any atom is 0.271 e. The summed E-state index contributed by atoms with van der Waals surface area (Å²) in [4.78, 5) is 22.1. The highest BCUT2D eigenvalue weighted by Gasteiger charge is 2.09. The number of benzene rings is 2. The summed E-state index contributed by atoms with van der Waals surface area (Å²) in [6.45, 7) is 1.82. The summed E-state index contributed by atoms with van der Waals surface area (Å²) >= 11 is 5.93. The standard InChI is InChI=1S/C15H12ClN3O3/c1-10-4-2-3-5-13(10)15(20)18-17-9-11-8-12(19(21)22)6-7-14(11)16/h2-9H,1H3,(H,18,20). The van der Waals surface area contributed by atoms with Gasteiger partial charge in [0.15, 0.2) is 0 Å². The number of nitro groups is 1. The van der Waals surface area contributed by atoms with Crippen molar-refractivity contribution in [3.8, 4) is 0 Å². The third kappa shape index (κ3) is 3.67. The molecule has 2 rings (SSSR count). The van der Waals surface area contributed by atoms with Gasteiger partial charge in [-0.15, -0.1) is 0 Å². The Labute approximate surface area is 131 Å². The van der Waals surface area contributed by atoms with E-state index in [0.717, 1.165) is 5.56 Å². The highest BCUT2D eigenvalue weighted by molar-refractivity contribution is 6.33. The minimum atomic E-state index is -0.528. The number of nitrogens with zero attached hydrogens (tertiary/aromatic N) is 2. The highest BCUT2D eigenvalue weighted by Crippen LogP contribution is 2.20. The average Bonchev–Trinajstić information content (AvgIpc) is 2.49. The van der Waals surface area contributed by atoms with Crippen LogP contribution < -0.4 is 5.43 Å². The molecule has 0 saturated carbocycles. The summed E-state index contributed by atoms with van der Waals surface area (Å²) in [7, 11) is 0. The van der Waals surface area contributed by atoms with E-state index in [9.17, 15) is 14.9 Å². The third-order valence-electron chi connectivity index (χ3n) is 2.95. The van der Waals surface area contributed by atoms with E-state index < -0.39 is 4.92 Å². The van der Waals surface area contributed by atoms with E-state index in [1.165, 1.54) is 24.4 Å². The number of rotatable bonds is 4. The summed E-state index contributed by atoms with van der Waals surface area (Å²) in [5.74, 6) is -0.365. The van der Waals surface area contributed by atoms with Crippen LogP contribution in [0.4, 0.5) is 5.69 Å². The Morgan fingerprint density at radius 2 is 2.05 bits per heavy atom. The van der Waals surface area contributed by atoms with E-state index in [2.05, 4.69) is 10.5 Å². The number of halogens is 1. The van der Waals surface area contributed by atoms with E-state index in [1.54, 1.807) is 12.1 Å². The Hall–Kier alpha value is -2.73. The largest absolute Gasteiger partial charge is 0.271 e. The van der Waals surface area contributed by atoms with Crippen molar-refractivity contribution in [2.24, 2.45) is 5.10 Å². The zero-order chi connectivity index (χ0) is 16.1. The molecule has 2 aromatic rings. The van der Waals surface area contributed by atoms with Crippen LogP contribution >= 0.6 is 11.6 Å². The molecule has 0 atom stereocenters. The van der Waals surface area contributed by atoms with Gasteiger partial charge in [0.1, 0.15) is 0 Å². The predicted octanol–water partition coefficient (Wildman–Crippen LogP) is 3.32. The molecule has 0 fully saturated rings. The predicted molar refractivity (Wildman–Crippen MR) is 84.3 cm³/mol. The molecule has 6 nitrogen and oxygen atoms in total. The maximum absolute atomic E-state index is 11.9. The summed E-state index contributed by atoms with van der Waals surface area (Å²) < 4.78 is 0. The maximum atomic E-state index is 11.9. The Bertz CT molecular complexity index is 759. The molecule has 7 heteroatoms. The quantitative estimate of drug-likeness (QED) is 0.533. The van der Waals surface area contributed by atoms with Crippen LogP contribution in [0.1, 0.15) is 21.5 Å². The Morgan fingerprint density at radius 1 is 1.32 bits per heavy atom. The first-order chi connectivity index (χ1) is 10.5. The minimum absolute atomic E-state index is 0.101. The molecule has 112 valence electrons. The van der Waals surface area contributed by atoms with E-state index >= 15 is 0 Å². The van der Waals surface area contributed by atoms with Gasteiger partial charge in [0, 0.05) is 28.3 Å². The number of hydrogen-bond acceptors (Lipinski definition) is 4. The first kappa shape index (κ1) is 15.7. The van der Waals surface area contributed by atoms with Crippen LogP contribution in [0, 0.1) is 17.0 Å². The molecule has 1 amide bonds. The molecular weight excluding hydrogens is 306 g/mol. The van der Waals surface area contributed by atoms with Gasteiger partial charge in [0.25, 0.3) is 11.6 Å². The molecule has 0 aliphatic carbocycles. The summed E-state index contributed by atoms with van der Waals surface area (Å²) in [6.07, 6.45) is 1.27. The molecule has 0 aromatic heterocycles. The van der Waals surface area contributed by atoms with Crippen molar-refractivity contribution < 1.29 is 9.72 Å². The van der Waals surface area contributed by atoms with Gasteiger partial charge >= 0.3 is 0 Å². The van der Waals surface area contributed by atoms with Gasteiger partial charge < -0.3 is 0 Å². The number of non-ortho nitro benzene ring substituents is 1. The first-order valence-corrected chi connectivity index (χ1v) is 6.70. The van der Waals surface area contributed by atoms with Crippen LogP contribution in [-0.4, -0.2) is 17.0 Å². The molecule has 0 aliphatic heterocycles. The smallest absolute Gasteiger partial charge is 0.267 e. The van der Waals surface area contributed by atoms with E-state index in [1.807, 2.05) is 19.1 Å². The molecule has 1 N–H and O–H groups in total. The third-order valence-corrected chi connectivity index (χ3v) is 3.29. The minimum Gasteiger partial charge on any atom is -0.267 e. The lowest BCUT2D eigenvalue weighted by atomic mass is 10.1. The number of nitro benzene ring substituents is 1. The van der Waals surface area contributed by atoms with Gasteiger partial charge in [-0.25, -0.2) is 5.43 Å². The zero-order valence-corrected chi connectivity index (χ0v) is 12.4. The van der Waals surface area contributed by atoms with Gasteiger partial charge in [-0.05, 0) is 24.6 Å². The second-order valence-electron chi connectivity index (χ2n) is 4.48. The molecule has 0 bridgehead atoms. The Morgan fingerprint density at radius 3 is 2.73 bits per heavy atom. The average molecular weight is 318 g/mol. The number of hydrazone groups is 1. The molecule has 2 aromatic carbocycles. The van der Waals surface area contributed by atoms with Gasteiger partial charge in [-0.2, -0.15) is 5.10 Å². The lowest BCUT2D eigenvalue weighted by Gasteiger charge is -2.03. The second kappa shape index (κ2) is 6.82. The SMILES string of the molecule is Cc1ccccc1C(=O)NN=Cc1cc([N+](=O)[O-])ccc1Cl. The fourth-order valence-electron chi connectivity index (χ4n) is 1.79. The Kier molecular flexibility index (Phi) is 4.85. The van der Waals surface area contributed by atoms with E-state index in [0.29, 0.717) is 16.1 Å². The summed E-state index contributed by atoms with van der Waals surface area (Å²) in [6, 6.07) is 11.1. The molecule has 22 heavy (non-hydrogen) atoms. The van der Waals surface area contributed by atoms with Crippen LogP contribution in [0.15, 0.2) is 47.6 Å². The van der Waals surface area contributed by atoms with Crippen LogP contribution in [-0.2, 0) is 0 Å². The number of aryl methyl sites for hydroxylation is 1. The van der Waals surface area contributed by atoms with Crippen molar-refractivity contribution >= 4 is 29.4 Å². The summed E-state index contributed by atoms with van der Waals surface area (Å²) in [5, 5.41) is 14.8. The van der Waals surface area contributed by atoms with Crippen molar-refractivity contribution in [3.05, 3.63) is 74.3 Å². The van der Waals surface area contributed by atoms with Crippen molar-refractivity contribution in [2.45, 2.75) is 6.92 Å². The number of nitrogens with one attached hydrogen (secondary N) is 1. The normalized spacial score (nSPS) is 10.6. The van der Waals surface area contributed by atoms with Gasteiger partial charge in [0.2, 0.25) is 0 Å². The monoisotopic (exact) mass is 317 g/mol.